The van der Waals surface area contributed by atoms with Crippen LogP contribution in [0.2, 0.25) is 5.02 Å². The average molecular weight is 344 g/mol. The summed E-state index contributed by atoms with van der Waals surface area (Å²) in [5, 5.41) is 12.6. The van der Waals surface area contributed by atoms with Gasteiger partial charge in [0.15, 0.2) is 0 Å². The molecule has 0 aliphatic heterocycles. The van der Waals surface area contributed by atoms with Crippen molar-refractivity contribution < 1.29 is 19.4 Å². The summed E-state index contributed by atoms with van der Waals surface area (Å²) in [5.41, 5.74) is 0.213. The molecule has 0 unspecified atom stereocenters. The van der Waals surface area contributed by atoms with Crippen LogP contribution in [0.1, 0.15) is 45.6 Å². The smallest absolute Gasteiger partial charge is 0.407 e. The lowest BCUT2D eigenvalue weighted by Gasteiger charge is -2.19. The molecule has 0 fully saturated rings. The van der Waals surface area contributed by atoms with Gasteiger partial charge in [-0.1, -0.05) is 11.6 Å². The van der Waals surface area contributed by atoms with Crippen LogP contribution in [0.4, 0.5) is 4.79 Å². The summed E-state index contributed by atoms with van der Waals surface area (Å²) < 4.78 is 10.8. The molecule has 1 aromatic rings. The number of alkyl carbamates (subject to hydrolysis) is 1. The van der Waals surface area contributed by atoms with Crippen LogP contribution in [-0.4, -0.2) is 30.0 Å². The maximum Gasteiger partial charge on any atom is 0.407 e. The van der Waals surface area contributed by atoms with Crippen molar-refractivity contribution >= 4 is 17.7 Å². The van der Waals surface area contributed by atoms with Crippen molar-refractivity contribution in [2.75, 3.05) is 13.2 Å². The second-order valence-electron chi connectivity index (χ2n) is 6.25. The van der Waals surface area contributed by atoms with Gasteiger partial charge in [-0.05, 0) is 58.2 Å². The van der Waals surface area contributed by atoms with Crippen LogP contribution < -0.4 is 10.1 Å². The molecule has 2 N–H and O–H groups in total. The highest BCUT2D eigenvalue weighted by Gasteiger charge is 2.15. The average Bonchev–Trinajstić information content (AvgIpc) is 2.45. The Morgan fingerprint density at radius 3 is 2.65 bits per heavy atom. The molecule has 130 valence electrons. The van der Waals surface area contributed by atoms with Gasteiger partial charge < -0.3 is 19.9 Å². The first-order valence-electron chi connectivity index (χ1n) is 7.81. The largest absolute Gasteiger partial charge is 0.493 e. The van der Waals surface area contributed by atoms with E-state index < -0.39 is 5.60 Å². The fourth-order valence-electron chi connectivity index (χ4n) is 1.90. The number of hydrogen-bond donors (Lipinski definition) is 2. The fraction of sp³-hybridized carbons (Fsp3) is 0.588. The van der Waals surface area contributed by atoms with Gasteiger partial charge in [-0.2, -0.15) is 0 Å². The van der Waals surface area contributed by atoms with Gasteiger partial charge in [-0.25, -0.2) is 4.79 Å². The molecule has 23 heavy (non-hydrogen) atoms. The monoisotopic (exact) mass is 343 g/mol. The van der Waals surface area contributed by atoms with Crippen LogP contribution in [0, 0.1) is 0 Å². The number of hydrogen-bond acceptors (Lipinski definition) is 4. The zero-order valence-corrected chi connectivity index (χ0v) is 14.8. The predicted octanol–water partition coefficient (Wildman–Crippen LogP) is 3.91. The molecule has 1 rings (SSSR count). The SMILES string of the molecule is CC(C)(C)OC(=O)NCCCCCOc1ccc(Cl)cc1CO. The molecule has 0 heterocycles. The lowest BCUT2D eigenvalue weighted by molar-refractivity contribution is 0.0527. The number of aliphatic hydroxyl groups excluding tert-OH is 1. The number of ether oxygens (including phenoxy) is 2. The third kappa shape index (κ3) is 8.67. The van der Waals surface area contributed by atoms with E-state index in [4.69, 9.17) is 21.1 Å². The lowest BCUT2D eigenvalue weighted by Crippen LogP contribution is -2.33. The zero-order chi connectivity index (χ0) is 17.3. The minimum atomic E-state index is -0.471. The van der Waals surface area contributed by atoms with Gasteiger partial charge in [0.25, 0.3) is 0 Å². The molecular weight excluding hydrogens is 318 g/mol. The number of carbonyl (C=O) groups excluding carboxylic acids is 1. The first-order chi connectivity index (χ1) is 10.8. The van der Waals surface area contributed by atoms with E-state index in [-0.39, 0.29) is 12.7 Å². The Hall–Kier alpha value is -1.46. The summed E-state index contributed by atoms with van der Waals surface area (Å²) in [6.07, 6.45) is 2.26. The van der Waals surface area contributed by atoms with Gasteiger partial charge in [0.05, 0.1) is 13.2 Å². The summed E-state index contributed by atoms with van der Waals surface area (Å²) in [6.45, 7) is 6.54. The fourth-order valence-corrected chi connectivity index (χ4v) is 2.10. The first kappa shape index (κ1) is 19.6. The highest BCUT2D eigenvalue weighted by molar-refractivity contribution is 6.30. The minimum Gasteiger partial charge on any atom is -0.493 e. The van der Waals surface area contributed by atoms with Gasteiger partial charge in [0.1, 0.15) is 11.4 Å². The van der Waals surface area contributed by atoms with E-state index in [1.54, 1.807) is 18.2 Å². The molecule has 0 saturated carbocycles. The number of carbonyl (C=O) groups is 1. The number of amides is 1. The minimum absolute atomic E-state index is 0.101. The van der Waals surface area contributed by atoms with Crippen LogP contribution in [0.3, 0.4) is 0 Å². The number of benzene rings is 1. The second-order valence-corrected chi connectivity index (χ2v) is 6.68. The Bertz CT molecular complexity index is 500. The molecule has 0 radical (unpaired) electrons. The summed E-state index contributed by atoms with van der Waals surface area (Å²) in [4.78, 5) is 11.4. The maximum atomic E-state index is 11.4. The normalized spacial score (nSPS) is 11.2. The Kier molecular flexibility index (Phi) is 8.20. The highest BCUT2D eigenvalue weighted by Crippen LogP contribution is 2.23. The number of rotatable bonds is 8. The maximum absolute atomic E-state index is 11.4. The van der Waals surface area contributed by atoms with Gasteiger partial charge in [-0.3, -0.25) is 0 Å². The summed E-state index contributed by atoms with van der Waals surface area (Å²) in [7, 11) is 0. The standard InChI is InChI=1S/C17H26ClNO4/c1-17(2,3)23-16(21)19-9-5-4-6-10-22-15-8-7-14(18)11-13(15)12-20/h7-8,11,20H,4-6,9-10,12H2,1-3H3,(H,19,21). The zero-order valence-electron chi connectivity index (χ0n) is 14.0. The second kappa shape index (κ2) is 9.63. The van der Waals surface area contributed by atoms with E-state index in [1.807, 2.05) is 20.8 Å². The molecule has 0 aliphatic carbocycles. The van der Waals surface area contributed by atoms with E-state index in [9.17, 15) is 9.90 Å². The highest BCUT2D eigenvalue weighted by atomic mass is 35.5. The number of aliphatic hydroxyl groups is 1. The van der Waals surface area contributed by atoms with Crippen LogP contribution in [0.25, 0.3) is 0 Å². The van der Waals surface area contributed by atoms with Crippen molar-refractivity contribution in [3.05, 3.63) is 28.8 Å². The van der Waals surface area contributed by atoms with Crippen molar-refractivity contribution in [3.8, 4) is 5.75 Å². The molecule has 0 aliphatic rings. The Morgan fingerprint density at radius 1 is 1.26 bits per heavy atom. The molecule has 0 aromatic heterocycles. The van der Waals surface area contributed by atoms with Crippen molar-refractivity contribution in [2.24, 2.45) is 0 Å². The van der Waals surface area contributed by atoms with Crippen LogP contribution in [0.5, 0.6) is 5.75 Å². The van der Waals surface area contributed by atoms with Crippen molar-refractivity contribution in [3.63, 3.8) is 0 Å². The van der Waals surface area contributed by atoms with Crippen LogP contribution in [0.15, 0.2) is 18.2 Å². The van der Waals surface area contributed by atoms with Crippen molar-refractivity contribution in [1.29, 1.82) is 0 Å². The molecule has 1 aromatic carbocycles. The van der Waals surface area contributed by atoms with E-state index in [2.05, 4.69) is 5.32 Å². The third-order valence-electron chi connectivity index (χ3n) is 2.94. The van der Waals surface area contributed by atoms with Gasteiger partial charge >= 0.3 is 6.09 Å². The Labute approximate surface area is 142 Å². The van der Waals surface area contributed by atoms with E-state index in [0.717, 1.165) is 19.3 Å². The molecule has 0 saturated heterocycles. The Morgan fingerprint density at radius 2 is 2.00 bits per heavy atom. The number of unbranched alkanes of at least 4 members (excludes halogenated alkanes) is 2. The molecule has 6 heteroatoms. The van der Waals surface area contributed by atoms with Crippen LogP contribution in [-0.2, 0) is 11.3 Å². The third-order valence-corrected chi connectivity index (χ3v) is 3.17. The van der Waals surface area contributed by atoms with E-state index in [0.29, 0.717) is 29.5 Å². The summed E-state index contributed by atoms with van der Waals surface area (Å²) >= 11 is 5.87. The molecule has 1 amide bonds. The molecule has 0 spiro atoms. The topological polar surface area (TPSA) is 67.8 Å². The van der Waals surface area contributed by atoms with Gasteiger partial charge in [0.2, 0.25) is 0 Å². The quantitative estimate of drug-likeness (QED) is 0.702. The molecule has 0 atom stereocenters. The number of halogens is 1. The van der Waals surface area contributed by atoms with Gasteiger partial charge in [-0.15, -0.1) is 0 Å². The summed E-state index contributed by atoms with van der Waals surface area (Å²) in [5.74, 6) is 0.656. The summed E-state index contributed by atoms with van der Waals surface area (Å²) in [6, 6.07) is 5.19. The molecule has 5 nitrogen and oxygen atoms in total. The number of nitrogens with one attached hydrogen (secondary N) is 1. The molecule has 0 bridgehead atoms. The van der Waals surface area contributed by atoms with Crippen LogP contribution >= 0.6 is 11.6 Å². The van der Waals surface area contributed by atoms with E-state index in [1.165, 1.54) is 0 Å². The lowest BCUT2D eigenvalue weighted by atomic mass is 10.2. The predicted molar refractivity (Wildman–Crippen MR) is 91.0 cm³/mol. The van der Waals surface area contributed by atoms with Crippen molar-refractivity contribution in [2.45, 2.75) is 52.2 Å². The van der Waals surface area contributed by atoms with Gasteiger partial charge in [0, 0.05) is 17.1 Å². The van der Waals surface area contributed by atoms with E-state index >= 15 is 0 Å². The Balaban J connectivity index is 2.13. The van der Waals surface area contributed by atoms with Crippen molar-refractivity contribution in [1.82, 2.24) is 5.32 Å². The molecular formula is C17H26ClNO4. The first-order valence-corrected chi connectivity index (χ1v) is 8.18.